The van der Waals surface area contributed by atoms with Crippen LogP contribution < -0.4 is 62.1 Å². The van der Waals surface area contributed by atoms with Gasteiger partial charge in [0.05, 0.1) is 25.4 Å². The zero-order valence-corrected chi connectivity index (χ0v) is 56.3. The maximum Gasteiger partial charge on any atom is 2.00 e. The van der Waals surface area contributed by atoms with E-state index in [1.54, 1.807) is 60.7 Å². The van der Waals surface area contributed by atoms with E-state index in [2.05, 4.69) is 85.0 Å². The molecule has 4 aromatic rings. The van der Waals surface area contributed by atoms with E-state index >= 15 is 0 Å². The fourth-order valence-electron chi connectivity index (χ4n) is 4.30. The molecule has 0 atom stereocenters. The van der Waals surface area contributed by atoms with E-state index < -0.39 is 23.0 Å². The molecule has 468 valence electrons. The SMILES string of the molecule is CC#N.CC#N.CC(=O)[O-].CC(=O)[O-].CC(C)(CO)NCc1cc(Br)ccc1[O-].CC(C)(CO)NCc1cc(Br)ccc1[O-].CC(C)(C[O-])NCc1cc(Br)ccc1[O-].CC(C)(C[O-])NCc1cc(Br)ccc1[O-].O.O.[Cu+2].[Cu+2].[Cu+2].[Cu+2]. The summed E-state index contributed by atoms with van der Waals surface area (Å²) in [5.41, 5.74) is 1.06. The van der Waals surface area contributed by atoms with Gasteiger partial charge in [-0.1, -0.05) is 88.0 Å². The van der Waals surface area contributed by atoms with Crippen molar-refractivity contribution in [3.63, 3.8) is 0 Å². The number of aliphatic hydroxyl groups excluding tert-OH is 2. The van der Waals surface area contributed by atoms with Crippen molar-refractivity contribution in [2.45, 2.75) is 131 Å². The molecular weight excluding hydrogens is 1510 g/mol. The number of aliphatic carboxylic acids is 2. The number of halogens is 4. The van der Waals surface area contributed by atoms with E-state index in [9.17, 15) is 30.6 Å². The van der Waals surface area contributed by atoms with Crippen molar-refractivity contribution >= 4 is 75.7 Å². The number of benzene rings is 4. The monoisotopic (exact) mass is 1570 g/mol. The van der Waals surface area contributed by atoms with Crippen LogP contribution in [0.15, 0.2) is 90.7 Å². The second-order valence-electron chi connectivity index (χ2n) is 18.0. The Bertz CT molecular complexity index is 2030. The molecule has 0 bridgehead atoms. The van der Waals surface area contributed by atoms with Crippen molar-refractivity contribution in [2.24, 2.45) is 0 Å². The van der Waals surface area contributed by atoms with Gasteiger partial charge in [-0.3, -0.25) is 0 Å². The largest absolute Gasteiger partial charge is 2.00 e. The number of nitrogens with one attached hydrogen (secondary N) is 4. The van der Waals surface area contributed by atoms with Crippen LogP contribution in [-0.4, -0.2) is 81.7 Å². The number of carbonyl (C=O) groups is 2. The van der Waals surface area contributed by atoms with Gasteiger partial charge in [0.15, 0.2) is 0 Å². The second kappa shape index (κ2) is 54.5. The van der Waals surface area contributed by atoms with Crippen molar-refractivity contribution in [1.29, 1.82) is 10.5 Å². The molecule has 80 heavy (non-hydrogen) atoms. The number of nitrogens with zero attached hydrogens (tertiary/aromatic N) is 2. The average Bonchev–Trinajstić information content (AvgIpc) is 3.31. The number of aliphatic hydroxyl groups is 2. The number of hydrogen-bond donors (Lipinski definition) is 6. The van der Waals surface area contributed by atoms with E-state index in [1.807, 2.05) is 55.4 Å². The van der Waals surface area contributed by atoms with Crippen LogP contribution in [0.2, 0.25) is 0 Å². The van der Waals surface area contributed by atoms with Crippen molar-refractivity contribution in [1.82, 2.24) is 21.3 Å². The molecule has 0 spiro atoms. The summed E-state index contributed by atoms with van der Waals surface area (Å²) in [6.07, 6.45) is 0. The van der Waals surface area contributed by atoms with Crippen LogP contribution in [0, 0.1) is 22.7 Å². The minimum Gasteiger partial charge on any atom is -0.872 e. The molecule has 10 N–H and O–H groups in total. The zero-order valence-electron chi connectivity index (χ0n) is 46.2. The van der Waals surface area contributed by atoms with Gasteiger partial charge >= 0.3 is 68.3 Å². The molecule has 0 unspecified atom stereocenters. The van der Waals surface area contributed by atoms with Crippen LogP contribution in [0.25, 0.3) is 0 Å². The Balaban J connectivity index is -0.0000000922. The van der Waals surface area contributed by atoms with Gasteiger partial charge in [-0.2, -0.15) is 10.5 Å². The van der Waals surface area contributed by atoms with Crippen LogP contribution in [0.5, 0.6) is 23.0 Å². The van der Waals surface area contributed by atoms with E-state index in [-0.39, 0.29) is 140 Å². The van der Waals surface area contributed by atoms with Gasteiger partial charge in [-0.05, 0) is 151 Å². The maximum atomic E-state index is 11.5. The standard InChI is InChI=1S/2C11H16BrNO2.2C11H15BrNO2.2C2H3N.2C2H4O2.4Cu.2H2O/c4*1-11(2,7-14)13-6-8-5-9(12)3-4-10(8)15;2*1-2-3;2*1-2(3)4;;;;;;/h2*3-5,13-15H,6-7H2,1-2H3;2*3-5,13,15H,6-7H2,1-2H3;2*1H3;2*1H3,(H,3,4);;;;;2*1H2/q;;2*-1;;;;;4*+2;;/p-6. The molecule has 0 amide bonds. The zero-order chi connectivity index (χ0) is 58.5. The smallest absolute Gasteiger partial charge is 0.872 e. The first-order valence-electron chi connectivity index (χ1n) is 22.2. The van der Waals surface area contributed by atoms with Crippen LogP contribution >= 0.6 is 63.7 Å². The molecule has 20 nitrogen and oxygen atoms in total. The van der Waals surface area contributed by atoms with Gasteiger partial charge in [-0.25, -0.2) is 0 Å². The molecule has 4 rings (SSSR count). The fourth-order valence-corrected chi connectivity index (χ4v) is 5.93. The summed E-state index contributed by atoms with van der Waals surface area (Å²) < 4.78 is 3.53. The molecule has 0 aromatic heterocycles. The molecular formula is C52H74Br4Cu4N6O14. The summed E-state index contributed by atoms with van der Waals surface area (Å²) in [7, 11) is 0. The normalized spacial score (nSPS) is 9.62. The molecule has 4 radical (unpaired) electrons. The van der Waals surface area contributed by atoms with Crippen LogP contribution in [0.3, 0.4) is 0 Å². The molecule has 0 aliphatic carbocycles. The van der Waals surface area contributed by atoms with Crippen molar-refractivity contribution in [3.05, 3.63) is 113 Å². The van der Waals surface area contributed by atoms with Crippen molar-refractivity contribution in [3.8, 4) is 35.1 Å². The fraction of sp³-hybridized carbons (Fsp3) is 0.462. The topological polar surface area (TPSA) is 418 Å². The average molecular weight is 1580 g/mol. The Morgan fingerprint density at radius 3 is 0.750 bits per heavy atom. The van der Waals surface area contributed by atoms with Crippen LogP contribution in [-0.2, 0) is 104 Å². The van der Waals surface area contributed by atoms with Crippen LogP contribution in [0.1, 0.15) is 105 Å². The van der Waals surface area contributed by atoms with Gasteiger partial charge in [0.1, 0.15) is 0 Å². The summed E-state index contributed by atoms with van der Waals surface area (Å²) in [5, 5.41) is 130. The minimum absolute atomic E-state index is 0. The Hall–Kier alpha value is -2.40. The molecule has 0 saturated carbocycles. The van der Waals surface area contributed by atoms with Gasteiger partial charge in [0, 0.05) is 80.9 Å². The van der Waals surface area contributed by atoms with E-state index in [4.69, 9.17) is 40.5 Å². The van der Waals surface area contributed by atoms with Gasteiger partial charge in [0.25, 0.3) is 0 Å². The molecule has 4 aromatic carbocycles. The quantitative estimate of drug-likeness (QED) is 0.0858. The number of carbonyl (C=O) groups excluding carboxylic acids is 2. The third-order valence-electron chi connectivity index (χ3n) is 8.63. The molecule has 0 saturated heterocycles. The molecule has 0 heterocycles. The number of carboxylic acid groups (broad SMARTS) is 2. The summed E-state index contributed by atoms with van der Waals surface area (Å²) in [6, 6.07) is 23.6. The van der Waals surface area contributed by atoms with Crippen molar-refractivity contribution < 1.29 is 140 Å². The van der Waals surface area contributed by atoms with E-state index in [0.717, 1.165) is 31.7 Å². The van der Waals surface area contributed by atoms with Gasteiger partial charge < -0.3 is 92.9 Å². The third-order valence-corrected chi connectivity index (χ3v) is 10.6. The Kier molecular flexibility index (Phi) is 67.9. The van der Waals surface area contributed by atoms with Gasteiger partial charge in [0.2, 0.25) is 0 Å². The molecule has 0 aliphatic rings. The summed E-state index contributed by atoms with van der Waals surface area (Å²) >= 11 is 13.2. The minimum atomic E-state index is -1.08. The number of nitriles is 2. The number of hydrogen-bond acceptors (Lipinski definition) is 18. The van der Waals surface area contributed by atoms with Crippen LogP contribution in [0.4, 0.5) is 0 Å². The predicted molar refractivity (Wildman–Crippen MR) is 293 cm³/mol. The first-order chi connectivity index (χ1) is 34.1. The second-order valence-corrected chi connectivity index (χ2v) is 21.7. The molecule has 0 fully saturated rings. The number of rotatable bonds is 16. The summed E-state index contributed by atoms with van der Waals surface area (Å²) in [4.78, 5) is 17.8. The Labute approximate surface area is 548 Å². The van der Waals surface area contributed by atoms with E-state index in [0.29, 0.717) is 48.4 Å². The number of carboxylic acids is 2. The predicted octanol–water partition coefficient (Wildman–Crippen LogP) is 1.18. The summed E-state index contributed by atoms with van der Waals surface area (Å²) in [6.45, 7) is 21.1. The Morgan fingerprint density at radius 1 is 0.463 bits per heavy atom. The summed E-state index contributed by atoms with van der Waals surface area (Å²) in [5.74, 6) is -2.15. The first-order valence-corrected chi connectivity index (χ1v) is 25.4. The Morgan fingerprint density at radius 2 is 0.613 bits per heavy atom. The first kappa shape index (κ1) is 99.6. The maximum absolute atomic E-state index is 11.5. The molecule has 0 aliphatic heterocycles. The van der Waals surface area contributed by atoms with Crippen molar-refractivity contribution in [2.75, 3.05) is 26.4 Å². The third kappa shape index (κ3) is 57.4. The van der Waals surface area contributed by atoms with Gasteiger partial charge in [-0.15, -0.1) is 36.2 Å². The van der Waals surface area contributed by atoms with E-state index in [1.165, 1.54) is 38.1 Å². The molecule has 28 heteroatoms.